The molecule has 0 heterocycles. The van der Waals surface area contributed by atoms with Gasteiger partial charge < -0.3 is 4.90 Å². The number of benzene rings is 1. The number of halogens is 4. The highest BCUT2D eigenvalue weighted by Gasteiger charge is 2.30. The van der Waals surface area contributed by atoms with E-state index in [0.717, 1.165) is 11.3 Å². The number of rotatable bonds is 2. The van der Waals surface area contributed by atoms with E-state index in [0.29, 0.717) is 15.1 Å². The van der Waals surface area contributed by atoms with Crippen molar-refractivity contribution < 1.29 is 0 Å². The minimum atomic E-state index is -0.316. The second-order valence-corrected chi connectivity index (χ2v) is 6.35. The standard InChI is InChI=1S/C14H13Cl4N/c1-19(2)12-5-3-4-9(16)14(12)13-10(17)6-8(15)7-11(13)18/h3-7,10,13H,1-2H3. The molecule has 0 bridgehead atoms. The van der Waals surface area contributed by atoms with Gasteiger partial charge >= 0.3 is 0 Å². The number of anilines is 1. The first-order valence-electron chi connectivity index (χ1n) is 5.76. The van der Waals surface area contributed by atoms with Crippen molar-refractivity contribution in [3.05, 3.63) is 51.0 Å². The fourth-order valence-corrected chi connectivity index (χ4v) is 3.68. The van der Waals surface area contributed by atoms with Gasteiger partial charge in [-0.2, -0.15) is 0 Å². The van der Waals surface area contributed by atoms with Crippen LogP contribution in [0.2, 0.25) is 5.02 Å². The lowest BCUT2D eigenvalue weighted by Crippen LogP contribution is -2.20. The first-order chi connectivity index (χ1) is 8.91. The average molecular weight is 337 g/mol. The average Bonchev–Trinajstić information content (AvgIpc) is 2.29. The fourth-order valence-electron chi connectivity index (χ4n) is 2.19. The molecule has 0 spiro atoms. The number of nitrogens with zero attached hydrogens (tertiary/aromatic N) is 1. The monoisotopic (exact) mass is 335 g/mol. The van der Waals surface area contributed by atoms with Crippen molar-refractivity contribution in [2.45, 2.75) is 11.3 Å². The molecule has 0 amide bonds. The van der Waals surface area contributed by atoms with Crippen molar-refractivity contribution in [2.24, 2.45) is 0 Å². The molecule has 0 saturated carbocycles. The largest absolute Gasteiger partial charge is 0.377 e. The first kappa shape index (κ1) is 15.1. The Balaban J connectivity index is 2.57. The van der Waals surface area contributed by atoms with Crippen LogP contribution in [-0.2, 0) is 0 Å². The highest BCUT2D eigenvalue weighted by atomic mass is 35.5. The van der Waals surface area contributed by atoms with E-state index in [1.54, 1.807) is 12.2 Å². The highest BCUT2D eigenvalue weighted by molar-refractivity contribution is 6.38. The SMILES string of the molecule is CN(C)c1cccc(Cl)c1C1C(Cl)=CC(Cl)=CC1Cl. The van der Waals surface area contributed by atoms with Crippen LogP contribution < -0.4 is 4.90 Å². The lowest BCUT2D eigenvalue weighted by molar-refractivity contribution is 0.837. The molecule has 0 fully saturated rings. The van der Waals surface area contributed by atoms with Crippen LogP contribution in [0.4, 0.5) is 5.69 Å². The molecular weight excluding hydrogens is 324 g/mol. The number of hydrogen-bond acceptors (Lipinski definition) is 1. The summed E-state index contributed by atoms with van der Waals surface area (Å²) in [5, 5.41) is 1.49. The minimum Gasteiger partial charge on any atom is -0.377 e. The van der Waals surface area contributed by atoms with Gasteiger partial charge in [-0.05, 0) is 24.3 Å². The predicted octanol–water partition coefficient (Wildman–Crippen LogP) is 5.36. The number of allylic oxidation sites excluding steroid dienone is 4. The van der Waals surface area contributed by atoms with Crippen molar-refractivity contribution in [2.75, 3.05) is 19.0 Å². The molecule has 1 aliphatic carbocycles. The molecule has 0 N–H and O–H groups in total. The second-order valence-electron chi connectivity index (χ2n) is 4.57. The summed E-state index contributed by atoms with van der Waals surface area (Å²) in [6, 6.07) is 5.75. The molecule has 0 saturated heterocycles. The summed E-state index contributed by atoms with van der Waals surface area (Å²) in [7, 11) is 3.92. The van der Waals surface area contributed by atoms with Gasteiger partial charge in [-0.25, -0.2) is 0 Å². The Bertz CT molecular complexity index is 548. The molecule has 0 aliphatic heterocycles. The van der Waals surface area contributed by atoms with Crippen molar-refractivity contribution in [3.63, 3.8) is 0 Å². The van der Waals surface area contributed by atoms with E-state index in [4.69, 9.17) is 46.4 Å². The molecule has 2 unspecified atom stereocenters. The summed E-state index contributed by atoms with van der Waals surface area (Å²) >= 11 is 25.0. The molecule has 102 valence electrons. The van der Waals surface area contributed by atoms with E-state index >= 15 is 0 Å². The van der Waals surface area contributed by atoms with Crippen LogP contribution in [0.1, 0.15) is 11.5 Å². The molecule has 1 nitrogen and oxygen atoms in total. The van der Waals surface area contributed by atoms with Crippen molar-refractivity contribution >= 4 is 52.1 Å². The third kappa shape index (κ3) is 3.05. The molecule has 1 aromatic carbocycles. The molecule has 1 aromatic rings. The fraction of sp³-hybridized carbons (Fsp3) is 0.286. The molecular formula is C14H13Cl4N. The van der Waals surface area contributed by atoms with Crippen LogP contribution in [0.25, 0.3) is 0 Å². The zero-order valence-corrected chi connectivity index (χ0v) is 13.5. The van der Waals surface area contributed by atoms with Gasteiger partial charge in [-0.1, -0.05) is 40.9 Å². The summed E-state index contributed by atoms with van der Waals surface area (Å²) in [5.41, 5.74) is 1.93. The molecule has 5 heteroatoms. The predicted molar refractivity (Wildman–Crippen MR) is 86.0 cm³/mol. The maximum atomic E-state index is 6.39. The third-order valence-electron chi connectivity index (χ3n) is 3.03. The lowest BCUT2D eigenvalue weighted by atomic mass is 9.90. The Morgan fingerprint density at radius 2 is 1.79 bits per heavy atom. The summed E-state index contributed by atoms with van der Waals surface area (Å²) in [6.07, 6.45) is 3.50. The summed E-state index contributed by atoms with van der Waals surface area (Å²) < 4.78 is 0. The van der Waals surface area contributed by atoms with Gasteiger partial charge in [0.2, 0.25) is 0 Å². The van der Waals surface area contributed by atoms with Crippen LogP contribution in [0.15, 0.2) is 40.4 Å². The Morgan fingerprint density at radius 3 is 2.37 bits per heavy atom. The second kappa shape index (κ2) is 5.97. The van der Waals surface area contributed by atoms with Crippen LogP contribution in [-0.4, -0.2) is 19.5 Å². The molecule has 2 atom stereocenters. The van der Waals surface area contributed by atoms with Crippen molar-refractivity contribution in [3.8, 4) is 0 Å². The highest BCUT2D eigenvalue weighted by Crippen LogP contribution is 2.45. The first-order valence-corrected chi connectivity index (χ1v) is 7.33. The molecule has 0 radical (unpaired) electrons. The van der Waals surface area contributed by atoms with Crippen molar-refractivity contribution in [1.29, 1.82) is 0 Å². The van der Waals surface area contributed by atoms with E-state index < -0.39 is 0 Å². The van der Waals surface area contributed by atoms with Gasteiger partial charge in [-0.15, -0.1) is 11.6 Å². The summed E-state index contributed by atoms with van der Waals surface area (Å²) in [6.45, 7) is 0. The third-order valence-corrected chi connectivity index (χ3v) is 4.32. The quantitative estimate of drug-likeness (QED) is 0.657. The van der Waals surface area contributed by atoms with Gasteiger partial charge in [0.15, 0.2) is 0 Å². The van der Waals surface area contributed by atoms with Gasteiger partial charge in [0.1, 0.15) is 0 Å². The zero-order valence-electron chi connectivity index (χ0n) is 10.5. The molecule has 0 aromatic heterocycles. The van der Waals surface area contributed by atoms with Crippen molar-refractivity contribution in [1.82, 2.24) is 0 Å². The number of hydrogen-bond donors (Lipinski definition) is 0. The van der Waals surface area contributed by atoms with Crippen LogP contribution >= 0.6 is 46.4 Å². The van der Waals surface area contributed by atoms with Gasteiger partial charge in [0, 0.05) is 46.4 Å². The Kier molecular flexibility index (Phi) is 4.73. The Hall–Kier alpha value is -0.340. The van der Waals surface area contributed by atoms with Gasteiger partial charge in [0.25, 0.3) is 0 Å². The lowest BCUT2D eigenvalue weighted by Gasteiger charge is -2.29. The minimum absolute atomic E-state index is 0.183. The maximum absolute atomic E-state index is 6.39. The summed E-state index contributed by atoms with van der Waals surface area (Å²) in [4.78, 5) is 1.99. The Labute approximate surface area is 133 Å². The normalized spacial score (nSPS) is 22.8. The Morgan fingerprint density at radius 1 is 1.11 bits per heavy atom. The van der Waals surface area contributed by atoms with Crippen LogP contribution in [0.5, 0.6) is 0 Å². The van der Waals surface area contributed by atoms with E-state index in [1.807, 2.05) is 37.2 Å². The molecule has 19 heavy (non-hydrogen) atoms. The number of alkyl halides is 1. The maximum Gasteiger partial charge on any atom is 0.0652 e. The topological polar surface area (TPSA) is 3.24 Å². The zero-order chi connectivity index (χ0) is 14.2. The van der Waals surface area contributed by atoms with E-state index in [2.05, 4.69) is 0 Å². The van der Waals surface area contributed by atoms with E-state index in [-0.39, 0.29) is 11.3 Å². The summed E-state index contributed by atoms with van der Waals surface area (Å²) in [5.74, 6) is -0.183. The van der Waals surface area contributed by atoms with E-state index in [1.165, 1.54) is 0 Å². The van der Waals surface area contributed by atoms with Gasteiger partial charge in [0.05, 0.1) is 5.38 Å². The van der Waals surface area contributed by atoms with Gasteiger partial charge in [-0.3, -0.25) is 0 Å². The van der Waals surface area contributed by atoms with Crippen LogP contribution in [0, 0.1) is 0 Å². The van der Waals surface area contributed by atoms with Crippen LogP contribution in [0.3, 0.4) is 0 Å². The van der Waals surface area contributed by atoms with E-state index in [9.17, 15) is 0 Å². The molecule has 1 aliphatic rings. The smallest absolute Gasteiger partial charge is 0.0652 e. The molecule has 2 rings (SSSR count).